The van der Waals surface area contributed by atoms with Crippen LogP contribution < -0.4 is 5.32 Å². The third-order valence-electron chi connectivity index (χ3n) is 5.36. The molecule has 0 bridgehead atoms. The number of hydrogen-bond acceptors (Lipinski definition) is 4. The molecule has 116 valence electrons. The van der Waals surface area contributed by atoms with Gasteiger partial charge in [-0.2, -0.15) is 0 Å². The van der Waals surface area contributed by atoms with Crippen LogP contribution in [-0.2, 0) is 0 Å². The van der Waals surface area contributed by atoms with E-state index in [1.165, 1.54) is 12.8 Å². The summed E-state index contributed by atoms with van der Waals surface area (Å²) in [6.45, 7) is 6.38. The normalized spacial score (nSPS) is 22.8. The lowest BCUT2D eigenvalue weighted by molar-refractivity contribution is 0.0678. The number of piperidine rings is 1. The van der Waals surface area contributed by atoms with Crippen LogP contribution in [0.3, 0.4) is 0 Å². The van der Waals surface area contributed by atoms with Crippen LogP contribution in [0.25, 0.3) is 0 Å². The Bertz CT molecular complexity index is 516. The van der Waals surface area contributed by atoms with Gasteiger partial charge in [0.2, 0.25) is 0 Å². The number of rotatable bonds is 4. The van der Waals surface area contributed by atoms with Gasteiger partial charge in [0.25, 0.3) is 5.91 Å². The summed E-state index contributed by atoms with van der Waals surface area (Å²) in [5, 5.41) is 11.6. The lowest BCUT2D eigenvalue weighted by Gasteiger charge is -2.29. The predicted molar refractivity (Wildman–Crippen MR) is 80.1 cm³/mol. The van der Waals surface area contributed by atoms with Gasteiger partial charge in [-0.1, -0.05) is 12.1 Å². The Hall–Kier alpha value is -1.43. The van der Waals surface area contributed by atoms with Crippen LogP contribution >= 0.6 is 0 Å². The van der Waals surface area contributed by atoms with Gasteiger partial charge in [-0.3, -0.25) is 4.79 Å². The Morgan fingerprint density at radius 3 is 2.76 bits per heavy atom. The summed E-state index contributed by atoms with van der Waals surface area (Å²) in [5.41, 5.74) is 0.752. The zero-order chi connectivity index (χ0) is 15.0. The first-order valence-corrected chi connectivity index (χ1v) is 7.91. The molecule has 21 heavy (non-hydrogen) atoms. The topological polar surface area (TPSA) is 63.1 Å². The van der Waals surface area contributed by atoms with E-state index in [0.717, 1.165) is 25.9 Å². The van der Waals surface area contributed by atoms with Crippen LogP contribution in [0, 0.1) is 5.41 Å². The van der Waals surface area contributed by atoms with E-state index in [4.69, 9.17) is 0 Å². The Kier molecular flexibility index (Phi) is 3.73. The highest BCUT2D eigenvalue weighted by atomic mass is 16.2. The van der Waals surface area contributed by atoms with Crippen LogP contribution in [0.15, 0.2) is 6.20 Å². The molecule has 1 saturated carbocycles. The van der Waals surface area contributed by atoms with Crippen molar-refractivity contribution in [1.29, 1.82) is 0 Å². The predicted octanol–water partition coefficient (Wildman–Crippen LogP) is 1.46. The molecular weight excluding hydrogens is 266 g/mol. The van der Waals surface area contributed by atoms with Crippen LogP contribution in [-0.4, -0.2) is 52.0 Å². The van der Waals surface area contributed by atoms with Crippen molar-refractivity contribution in [3.8, 4) is 0 Å². The van der Waals surface area contributed by atoms with E-state index in [2.05, 4.69) is 29.5 Å². The van der Waals surface area contributed by atoms with E-state index in [1.54, 1.807) is 0 Å². The number of aromatic nitrogens is 3. The average Bonchev–Trinajstić information content (AvgIpc) is 3.08. The summed E-state index contributed by atoms with van der Waals surface area (Å²) in [4.78, 5) is 14.4. The van der Waals surface area contributed by atoms with Crippen molar-refractivity contribution in [2.45, 2.75) is 51.6 Å². The summed E-state index contributed by atoms with van der Waals surface area (Å²) < 4.78 is 1.87. The summed E-state index contributed by atoms with van der Waals surface area (Å²) in [6.07, 6.45) is 6.31. The highest BCUT2D eigenvalue weighted by molar-refractivity contribution is 5.92. The van der Waals surface area contributed by atoms with Crippen molar-refractivity contribution in [1.82, 2.24) is 25.2 Å². The zero-order valence-corrected chi connectivity index (χ0v) is 13.2. The molecule has 6 nitrogen and oxygen atoms in total. The number of carbonyl (C=O) groups is 1. The van der Waals surface area contributed by atoms with Crippen LogP contribution in [0.5, 0.6) is 0 Å². The van der Waals surface area contributed by atoms with Crippen molar-refractivity contribution in [3.05, 3.63) is 11.9 Å². The van der Waals surface area contributed by atoms with Crippen molar-refractivity contribution >= 4 is 5.91 Å². The monoisotopic (exact) mass is 291 g/mol. The van der Waals surface area contributed by atoms with Crippen LogP contribution in [0.1, 0.15) is 56.1 Å². The maximum atomic E-state index is 12.6. The Morgan fingerprint density at radius 2 is 2.14 bits per heavy atom. The molecule has 0 aromatic carbocycles. The van der Waals surface area contributed by atoms with Gasteiger partial charge in [-0.15, -0.1) is 5.10 Å². The molecule has 1 aromatic heterocycles. The molecule has 1 unspecified atom stereocenters. The van der Waals surface area contributed by atoms with E-state index in [1.807, 2.05) is 22.8 Å². The molecule has 6 heteroatoms. The first-order chi connectivity index (χ1) is 10.0. The molecule has 1 N–H and O–H groups in total. The molecule has 1 saturated heterocycles. The fraction of sp³-hybridized carbons (Fsp3) is 0.800. The van der Waals surface area contributed by atoms with E-state index in [9.17, 15) is 4.79 Å². The maximum absolute atomic E-state index is 12.6. The zero-order valence-electron chi connectivity index (χ0n) is 13.2. The largest absolute Gasteiger partial charge is 0.337 e. The van der Waals surface area contributed by atoms with E-state index >= 15 is 0 Å². The molecule has 2 heterocycles. The molecule has 1 aliphatic carbocycles. The third-order valence-corrected chi connectivity index (χ3v) is 5.36. The van der Waals surface area contributed by atoms with Crippen LogP contribution in [0.4, 0.5) is 0 Å². The van der Waals surface area contributed by atoms with Crippen molar-refractivity contribution in [2.24, 2.45) is 5.41 Å². The summed E-state index contributed by atoms with van der Waals surface area (Å²) >= 11 is 0. The molecule has 0 radical (unpaired) electrons. The van der Waals surface area contributed by atoms with Gasteiger partial charge in [0, 0.05) is 13.1 Å². The second-order valence-corrected chi connectivity index (χ2v) is 6.81. The van der Waals surface area contributed by atoms with Gasteiger partial charge in [0.1, 0.15) is 0 Å². The molecule has 1 amide bonds. The maximum Gasteiger partial charge on any atom is 0.276 e. The van der Waals surface area contributed by atoms with Crippen molar-refractivity contribution < 1.29 is 4.79 Å². The van der Waals surface area contributed by atoms with Gasteiger partial charge < -0.3 is 10.2 Å². The highest BCUT2D eigenvalue weighted by Gasteiger charge is 2.45. The molecule has 2 aliphatic rings. The highest BCUT2D eigenvalue weighted by Crippen LogP contribution is 2.49. The summed E-state index contributed by atoms with van der Waals surface area (Å²) in [7, 11) is 1.88. The fourth-order valence-corrected chi connectivity index (χ4v) is 3.06. The van der Waals surface area contributed by atoms with Crippen molar-refractivity contribution in [3.63, 3.8) is 0 Å². The van der Waals surface area contributed by atoms with Gasteiger partial charge in [-0.25, -0.2) is 4.68 Å². The lowest BCUT2D eigenvalue weighted by atomic mass is 9.99. The molecule has 1 aromatic rings. The number of amides is 1. The quantitative estimate of drug-likeness (QED) is 0.912. The minimum Gasteiger partial charge on any atom is -0.337 e. The Morgan fingerprint density at radius 1 is 1.48 bits per heavy atom. The molecule has 2 fully saturated rings. The van der Waals surface area contributed by atoms with Crippen molar-refractivity contribution in [2.75, 3.05) is 20.1 Å². The molecule has 1 aliphatic heterocycles. The van der Waals surface area contributed by atoms with Gasteiger partial charge in [0.15, 0.2) is 5.69 Å². The number of carbonyl (C=O) groups excluding carboxylic acids is 1. The van der Waals surface area contributed by atoms with Gasteiger partial charge in [0.05, 0.1) is 12.2 Å². The minimum atomic E-state index is -0.0178. The van der Waals surface area contributed by atoms with Gasteiger partial charge in [-0.05, 0) is 51.1 Å². The second-order valence-electron chi connectivity index (χ2n) is 6.81. The minimum absolute atomic E-state index is 0.0178. The molecular formula is C15H25N5O. The first-order valence-electron chi connectivity index (χ1n) is 7.91. The number of hydrogen-bond donors (Lipinski definition) is 1. The number of nitrogens with zero attached hydrogens (tertiary/aromatic N) is 4. The molecule has 3 rings (SSSR count). The second kappa shape index (κ2) is 5.40. The van der Waals surface area contributed by atoms with Crippen LogP contribution in [0.2, 0.25) is 0 Å². The SMILES string of the molecule is CC(N(C)C(=O)c1cn(C2CCNCC2)nn1)C1(C)CC1. The first kappa shape index (κ1) is 14.5. The third kappa shape index (κ3) is 2.81. The van der Waals surface area contributed by atoms with E-state index in [-0.39, 0.29) is 17.4 Å². The summed E-state index contributed by atoms with van der Waals surface area (Å²) in [5.74, 6) is -0.0178. The molecule has 1 atom stereocenters. The lowest BCUT2D eigenvalue weighted by Crippen LogP contribution is -2.40. The number of nitrogens with one attached hydrogen (secondary N) is 1. The Labute approximate surface area is 125 Å². The standard InChI is InChI=1S/C15H25N5O/c1-11(15(2)6-7-15)19(3)14(21)13-10-20(18-17-13)12-4-8-16-9-5-12/h10-12,16H,4-9H2,1-3H3. The van der Waals surface area contributed by atoms with E-state index in [0.29, 0.717) is 11.7 Å². The smallest absolute Gasteiger partial charge is 0.276 e. The van der Waals surface area contributed by atoms with E-state index < -0.39 is 0 Å². The van der Waals surface area contributed by atoms with Gasteiger partial charge >= 0.3 is 0 Å². The molecule has 0 spiro atoms. The summed E-state index contributed by atoms with van der Waals surface area (Å²) in [6, 6.07) is 0.609. The Balaban J connectivity index is 1.68. The fourth-order valence-electron chi connectivity index (χ4n) is 3.06. The average molecular weight is 291 g/mol.